The maximum absolute atomic E-state index is 11.7. The Morgan fingerprint density at radius 3 is 1.57 bits per heavy atom. The molecule has 4 saturated carbocycles. The first kappa shape index (κ1) is 50.0. The van der Waals surface area contributed by atoms with Crippen LogP contribution in [-0.4, -0.2) is 20.9 Å². The molecule has 65 heavy (non-hydrogen) atoms. The summed E-state index contributed by atoms with van der Waals surface area (Å²) in [6, 6.07) is 33.9. The summed E-state index contributed by atoms with van der Waals surface area (Å²) in [4.78, 5) is 21.1. The summed E-state index contributed by atoms with van der Waals surface area (Å²) in [7, 11) is 0. The molecule has 2 heterocycles. The van der Waals surface area contributed by atoms with Crippen LogP contribution in [0.1, 0.15) is 145 Å². The van der Waals surface area contributed by atoms with Crippen molar-refractivity contribution in [1.29, 1.82) is 0 Å². The molecule has 4 nitrogen and oxygen atoms in total. The van der Waals surface area contributed by atoms with E-state index in [4.69, 9.17) is 4.98 Å². The van der Waals surface area contributed by atoms with Crippen LogP contribution >= 0.6 is 0 Å². The molecule has 1 N–H and O–H groups in total. The van der Waals surface area contributed by atoms with Gasteiger partial charge in [0.25, 0.3) is 0 Å². The quantitative estimate of drug-likeness (QED) is 0.0798. The van der Waals surface area contributed by atoms with Crippen LogP contribution in [0.25, 0.3) is 44.1 Å². The van der Waals surface area contributed by atoms with Crippen LogP contribution < -0.4 is 0 Å². The normalized spacial score (nSPS) is 19.8. The Labute approximate surface area is 404 Å². The van der Waals surface area contributed by atoms with Crippen LogP contribution in [0.15, 0.2) is 97.0 Å². The first-order valence-electron chi connectivity index (χ1n) is 24.5. The fourth-order valence-corrected chi connectivity index (χ4v) is 11.8. The van der Waals surface area contributed by atoms with Gasteiger partial charge in [-0.3, -0.25) is 4.79 Å². The Hall–Kier alpha value is -4.44. The Morgan fingerprint density at radius 2 is 1.12 bits per heavy atom. The SMILES string of the molecule is CCC(CC)C(=O)/C=C(\O)C(CC)CC.Cc1[c-]c(-c2nccc3cc(C(C)C)ccc23)cc(C)c1.Cc1[c-]c(-c2nccc3cc(C45CC6CC(CC(C6)C4)C5)ccc23)cc(C)c1.[Ir]. The molecule has 345 valence electrons. The van der Waals surface area contributed by atoms with Crippen LogP contribution in [0.3, 0.4) is 0 Å². The number of fused-ring (bicyclic) bond motifs is 2. The number of carbonyl (C=O) groups is 1. The van der Waals surface area contributed by atoms with Crippen molar-refractivity contribution in [2.24, 2.45) is 29.6 Å². The van der Waals surface area contributed by atoms with Crippen molar-refractivity contribution >= 4 is 27.3 Å². The smallest absolute Gasteiger partial charge is 0.162 e. The Kier molecular flexibility index (Phi) is 16.8. The first-order valence-corrected chi connectivity index (χ1v) is 24.5. The molecule has 4 fully saturated rings. The molecule has 4 aliphatic carbocycles. The summed E-state index contributed by atoms with van der Waals surface area (Å²) in [6.07, 6.45) is 17.6. The minimum Gasteiger partial charge on any atom is -0.512 e. The number of allylic oxidation sites excluding steroid dienone is 2. The van der Waals surface area contributed by atoms with Gasteiger partial charge in [-0.25, -0.2) is 0 Å². The van der Waals surface area contributed by atoms with Crippen molar-refractivity contribution in [3.8, 4) is 22.5 Å². The number of hydrogen-bond donors (Lipinski definition) is 1. The second kappa shape index (κ2) is 21.9. The number of carbonyl (C=O) groups excluding carboxylic acids is 1. The minimum atomic E-state index is 0. The topological polar surface area (TPSA) is 63.1 Å². The van der Waals surface area contributed by atoms with E-state index in [0.29, 0.717) is 11.3 Å². The first-order chi connectivity index (χ1) is 30.7. The number of rotatable bonds is 11. The van der Waals surface area contributed by atoms with Gasteiger partial charge in [0.05, 0.1) is 5.76 Å². The molecule has 0 atom stereocenters. The Morgan fingerprint density at radius 1 is 0.662 bits per heavy atom. The minimum absolute atomic E-state index is 0. The fraction of sp³-hybridized carbons (Fsp3) is 0.450. The third kappa shape index (κ3) is 11.6. The molecule has 5 heteroatoms. The van der Waals surface area contributed by atoms with Gasteiger partial charge in [0.15, 0.2) is 5.78 Å². The van der Waals surface area contributed by atoms with Gasteiger partial charge in [0.1, 0.15) is 0 Å². The second-order valence-corrected chi connectivity index (χ2v) is 20.1. The van der Waals surface area contributed by atoms with E-state index in [2.05, 4.69) is 131 Å². The number of pyridine rings is 2. The molecule has 0 saturated heterocycles. The zero-order valence-electron chi connectivity index (χ0n) is 40.8. The number of aromatic nitrogens is 2. The standard InChI is InChI=1S/C27H28N.C20H20N.C13H24O2.Ir/c1-17-7-18(2)9-23(8-17)26-25-4-3-24(13-22(25)5-6-28-26)27-14-19-10-20(15-27)12-21(11-19)16-27;1-13(2)16-5-6-19-17(12-16)7-8-21-20(19)18-10-14(3)9-15(4)11-18;1-5-10(6-2)12(14)9-13(15)11(7-3)8-4;/h3-8,13,19-21H,10-12,14-16H2,1-2H3;5-10,12-13H,1-4H3;9-11,14H,5-8H2,1-4H3;/q2*-1;;/b;;12-9-;. The Bertz CT molecular complexity index is 2540. The summed E-state index contributed by atoms with van der Waals surface area (Å²) < 4.78 is 0. The number of aliphatic hydroxyl groups excluding tert-OH is 1. The maximum atomic E-state index is 11.7. The molecule has 0 amide bonds. The van der Waals surface area contributed by atoms with Crippen molar-refractivity contribution in [2.75, 3.05) is 0 Å². The van der Waals surface area contributed by atoms with Crippen molar-refractivity contribution in [3.63, 3.8) is 0 Å². The molecule has 10 rings (SSSR count). The summed E-state index contributed by atoms with van der Waals surface area (Å²) in [5.41, 5.74) is 12.6. The summed E-state index contributed by atoms with van der Waals surface area (Å²) in [5.74, 6) is 4.05. The number of hydrogen-bond acceptors (Lipinski definition) is 4. The van der Waals surface area contributed by atoms with Gasteiger partial charge in [0.2, 0.25) is 0 Å². The zero-order chi connectivity index (χ0) is 45.7. The van der Waals surface area contributed by atoms with Gasteiger partial charge in [-0.15, -0.1) is 69.8 Å². The predicted octanol–water partition coefficient (Wildman–Crippen LogP) is 16.1. The van der Waals surface area contributed by atoms with Crippen LogP contribution in [0, 0.1) is 69.4 Å². The molecule has 4 bridgehead atoms. The van der Waals surface area contributed by atoms with Crippen molar-refractivity contribution < 1.29 is 30.0 Å². The molecule has 0 unspecified atom stereocenters. The summed E-state index contributed by atoms with van der Waals surface area (Å²) in [5, 5.41) is 14.8. The van der Waals surface area contributed by atoms with Gasteiger partial charge in [-0.1, -0.05) is 106 Å². The monoisotopic (exact) mass is 1050 g/mol. The second-order valence-electron chi connectivity index (χ2n) is 20.1. The average Bonchev–Trinajstić information content (AvgIpc) is 3.25. The molecule has 4 aromatic carbocycles. The van der Waals surface area contributed by atoms with Gasteiger partial charge in [-0.2, -0.15) is 0 Å². The maximum Gasteiger partial charge on any atom is 0.162 e. The van der Waals surface area contributed by atoms with Crippen LogP contribution in [0.5, 0.6) is 0 Å². The van der Waals surface area contributed by atoms with Crippen molar-refractivity contribution in [2.45, 2.75) is 145 Å². The van der Waals surface area contributed by atoms with Crippen LogP contribution in [0.2, 0.25) is 0 Å². The van der Waals surface area contributed by atoms with Gasteiger partial charge < -0.3 is 15.1 Å². The third-order valence-electron chi connectivity index (χ3n) is 14.8. The molecule has 0 aliphatic heterocycles. The van der Waals surface area contributed by atoms with Crippen LogP contribution in [0.4, 0.5) is 0 Å². The van der Waals surface area contributed by atoms with E-state index in [1.54, 1.807) is 5.56 Å². The van der Waals surface area contributed by atoms with E-state index in [-0.39, 0.29) is 43.5 Å². The van der Waals surface area contributed by atoms with Crippen LogP contribution in [-0.2, 0) is 30.3 Å². The van der Waals surface area contributed by atoms with Gasteiger partial charge >= 0.3 is 0 Å². The van der Waals surface area contributed by atoms with Gasteiger partial charge in [0, 0.05) is 50.4 Å². The Balaban J connectivity index is 0.000000169. The average molecular weight is 1050 g/mol. The van der Waals surface area contributed by atoms with E-state index >= 15 is 0 Å². The fourth-order valence-electron chi connectivity index (χ4n) is 11.8. The van der Waals surface area contributed by atoms with E-state index in [1.165, 1.54) is 88.4 Å². The summed E-state index contributed by atoms with van der Waals surface area (Å²) in [6.45, 7) is 21.0. The van der Waals surface area contributed by atoms with E-state index in [1.807, 2.05) is 40.1 Å². The molecule has 4 aliphatic rings. The number of nitrogens with zero attached hydrogens (tertiary/aromatic N) is 2. The van der Waals surface area contributed by atoms with E-state index in [0.717, 1.165) is 71.5 Å². The summed E-state index contributed by atoms with van der Waals surface area (Å²) >= 11 is 0. The largest absolute Gasteiger partial charge is 0.512 e. The predicted molar refractivity (Wildman–Crippen MR) is 269 cm³/mol. The number of aryl methyl sites for hydroxylation is 4. The van der Waals surface area contributed by atoms with Crippen molar-refractivity contribution in [1.82, 2.24) is 9.97 Å². The molecular formula is C60H72IrN2O2-2. The molecule has 6 aromatic rings. The molecule has 0 spiro atoms. The van der Waals surface area contributed by atoms with E-state index < -0.39 is 0 Å². The zero-order valence-corrected chi connectivity index (χ0v) is 43.2. The third-order valence-corrected chi connectivity index (χ3v) is 14.8. The number of aliphatic hydroxyl groups is 1. The molecule has 1 radical (unpaired) electrons. The van der Waals surface area contributed by atoms with E-state index in [9.17, 15) is 9.90 Å². The van der Waals surface area contributed by atoms with Gasteiger partial charge in [-0.05, 0) is 149 Å². The number of benzene rings is 4. The number of ketones is 1. The van der Waals surface area contributed by atoms with Crippen molar-refractivity contribution in [3.05, 3.63) is 143 Å². The molecular weight excluding hydrogens is 973 g/mol. The molecule has 2 aromatic heterocycles.